The number of hydrogen-bond donors (Lipinski definition) is 2. The SMILES string of the molecule is OC1CCCCCC1NC1CCC1. The third kappa shape index (κ3) is 2.44. The first-order valence-corrected chi connectivity index (χ1v) is 5.80. The second-order valence-electron chi connectivity index (χ2n) is 4.61. The maximum absolute atomic E-state index is 9.85. The Morgan fingerprint density at radius 2 is 1.62 bits per heavy atom. The van der Waals surface area contributed by atoms with Crippen LogP contribution in [0.25, 0.3) is 0 Å². The van der Waals surface area contributed by atoms with E-state index in [4.69, 9.17) is 0 Å². The summed E-state index contributed by atoms with van der Waals surface area (Å²) in [5.74, 6) is 0. The highest BCUT2D eigenvalue weighted by atomic mass is 16.3. The molecule has 2 N–H and O–H groups in total. The van der Waals surface area contributed by atoms with Crippen LogP contribution in [0.1, 0.15) is 51.4 Å². The lowest BCUT2D eigenvalue weighted by molar-refractivity contribution is 0.105. The van der Waals surface area contributed by atoms with E-state index in [-0.39, 0.29) is 6.10 Å². The molecule has 0 spiro atoms. The molecule has 2 unspecified atom stereocenters. The smallest absolute Gasteiger partial charge is 0.0693 e. The van der Waals surface area contributed by atoms with E-state index in [1.807, 2.05) is 0 Å². The molecule has 0 aromatic rings. The van der Waals surface area contributed by atoms with Gasteiger partial charge in [-0.15, -0.1) is 0 Å². The third-order valence-corrected chi connectivity index (χ3v) is 3.53. The molecule has 2 fully saturated rings. The molecule has 0 radical (unpaired) electrons. The number of hydrogen-bond acceptors (Lipinski definition) is 2. The second-order valence-corrected chi connectivity index (χ2v) is 4.61. The molecule has 2 rings (SSSR count). The van der Waals surface area contributed by atoms with E-state index in [1.165, 1.54) is 44.9 Å². The van der Waals surface area contributed by atoms with Gasteiger partial charge in [0.15, 0.2) is 0 Å². The molecule has 0 heterocycles. The van der Waals surface area contributed by atoms with Crippen LogP contribution >= 0.6 is 0 Å². The minimum Gasteiger partial charge on any atom is -0.392 e. The highest BCUT2D eigenvalue weighted by molar-refractivity contribution is 4.85. The molecule has 76 valence electrons. The van der Waals surface area contributed by atoms with Crippen molar-refractivity contribution in [2.45, 2.75) is 69.6 Å². The van der Waals surface area contributed by atoms with Crippen molar-refractivity contribution in [3.63, 3.8) is 0 Å². The average molecular weight is 183 g/mol. The average Bonchev–Trinajstić information content (AvgIpc) is 2.23. The molecule has 0 saturated heterocycles. The fourth-order valence-corrected chi connectivity index (χ4v) is 2.36. The minimum absolute atomic E-state index is 0.0805. The summed E-state index contributed by atoms with van der Waals surface area (Å²) in [6.07, 6.45) is 9.93. The molecule has 0 bridgehead atoms. The van der Waals surface area contributed by atoms with Crippen LogP contribution in [0.3, 0.4) is 0 Å². The van der Waals surface area contributed by atoms with Gasteiger partial charge < -0.3 is 10.4 Å². The Kier molecular flexibility index (Phi) is 3.23. The molecule has 2 aliphatic carbocycles. The summed E-state index contributed by atoms with van der Waals surface area (Å²) in [6, 6.07) is 1.12. The van der Waals surface area contributed by atoms with Gasteiger partial charge in [0.1, 0.15) is 0 Å². The van der Waals surface area contributed by atoms with Gasteiger partial charge in [0.25, 0.3) is 0 Å². The Bertz CT molecular complexity index is 156. The molecule has 0 aromatic carbocycles. The molecule has 2 atom stereocenters. The van der Waals surface area contributed by atoms with E-state index >= 15 is 0 Å². The van der Waals surface area contributed by atoms with Crippen LogP contribution in [-0.2, 0) is 0 Å². The van der Waals surface area contributed by atoms with Gasteiger partial charge in [-0.3, -0.25) is 0 Å². The van der Waals surface area contributed by atoms with Crippen molar-refractivity contribution in [1.82, 2.24) is 5.32 Å². The predicted octanol–water partition coefficient (Wildman–Crippen LogP) is 1.82. The van der Waals surface area contributed by atoms with Crippen molar-refractivity contribution < 1.29 is 5.11 Å². The van der Waals surface area contributed by atoms with Gasteiger partial charge >= 0.3 is 0 Å². The Morgan fingerprint density at radius 1 is 0.846 bits per heavy atom. The third-order valence-electron chi connectivity index (χ3n) is 3.53. The van der Waals surface area contributed by atoms with Crippen LogP contribution in [0, 0.1) is 0 Å². The number of aliphatic hydroxyl groups is 1. The summed E-state index contributed by atoms with van der Waals surface area (Å²) in [5, 5.41) is 13.4. The van der Waals surface area contributed by atoms with Crippen molar-refractivity contribution in [2.24, 2.45) is 0 Å². The summed E-state index contributed by atoms with van der Waals surface area (Å²) in [6.45, 7) is 0. The van der Waals surface area contributed by atoms with Crippen molar-refractivity contribution in [2.75, 3.05) is 0 Å². The number of rotatable bonds is 2. The topological polar surface area (TPSA) is 32.3 Å². The molecular formula is C11H21NO. The van der Waals surface area contributed by atoms with E-state index in [1.54, 1.807) is 0 Å². The Morgan fingerprint density at radius 3 is 2.31 bits per heavy atom. The summed E-state index contributed by atoms with van der Waals surface area (Å²) >= 11 is 0. The Labute approximate surface area is 80.7 Å². The summed E-state index contributed by atoms with van der Waals surface area (Å²) in [7, 11) is 0. The van der Waals surface area contributed by atoms with Gasteiger partial charge in [-0.25, -0.2) is 0 Å². The first-order valence-electron chi connectivity index (χ1n) is 5.80. The zero-order valence-corrected chi connectivity index (χ0v) is 8.34. The first kappa shape index (κ1) is 9.47. The van der Waals surface area contributed by atoms with Crippen LogP contribution in [-0.4, -0.2) is 23.3 Å². The Hall–Kier alpha value is -0.0800. The van der Waals surface area contributed by atoms with E-state index < -0.39 is 0 Å². The van der Waals surface area contributed by atoms with Crippen molar-refractivity contribution in [3.8, 4) is 0 Å². The van der Waals surface area contributed by atoms with Crippen LogP contribution < -0.4 is 5.32 Å². The monoisotopic (exact) mass is 183 g/mol. The van der Waals surface area contributed by atoms with Crippen molar-refractivity contribution in [3.05, 3.63) is 0 Å². The van der Waals surface area contributed by atoms with Gasteiger partial charge in [0.05, 0.1) is 6.10 Å². The maximum Gasteiger partial charge on any atom is 0.0693 e. The summed E-state index contributed by atoms with van der Waals surface area (Å²) < 4.78 is 0. The molecular weight excluding hydrogens is 162 g/mol. The van der Waals surface area contributed by atoms with Crippen molar-refractivity contribution >= 4 is 0 Å². The Balaban J connectivity index is 1.79. The molecule has 2 heteroatoms. The predicted molar refractivity (Wildman–Crippen MR) is 53.7 cm³/mol. The van der Waals surface area contributed by atoms with Gasteiger partial charge in [0.2, 0.25) is 0 Å². The summed E-state index contributed by atoms with van der Waals surface area (Å²) in [5.41, 5.74) is 0. The molecule has 2 nitrogen and oxygen atoms in total. The highest BCUT2D eigenvalue weighted by Gasteiger charge is 2.26. The largest absolute Gasteiger partial charge is 0.392 e. The fraction of sp³-hybridized carbons (Fsp3) is 1.00. The van der Waals surface area contributed by atoms with E-state index in [0.29, 0.717) is 6.04 Å². The second kappa shape index (κ2) is 4.43. The fourth-order valence-electron chi connectivity index (χ4n) is 2.36. The van der Waals surface area contributed by atoms with Gasteiger partial charge in [0, 0.05) is 12.1 Å². The van der Waals surface area contributed by atoms with E-state index in [2.05, 4.69) is 5.32 Å². The van der Waals surface area contributed by atoms with Crippen LogP contribution in [0.5, 0.6) is 0 Å². The molecule has 13 heavy (non-hydrogen) atoms. The van der Waals surface area contributed by atoms with E-state index in [9.17, 15) is 5.11 Å². The first-order chi connectivity index (χ1) is 6.36. The summed E-state index contributed by atoms with van der Waals surface area (Å²) in [4.78, 5) is 0. The molecule has 0 aromatic heterocycles. The molecule has 0 amide bonds. The van der Waals surface area contributed by atoms with Crippen LogP contribution in [0.2, 0.25) is 0 Å². The maximum atomic E-state index is 9.85. The highest BCUT2D eigenvalue weighted by Crippen LogP contribution is 2.23. The lowest BCUT2D eigenvalue weighted by atomic mass is 9.91. The lowest BCUT2D eigenvalue weighted by Gasteiger charge is -2.33. The number of nitrogens with one attached hydrogen (secondary N) is 1. The standard InChI is InChI=1S/C11H21NO/c13-11-8-3-1-2-7-10(11)12-9-5-4-6-9/h9-13H,1-8H2. The molecule has 2 saturated carbocycles. The lowest BCUT2D eigenvalue weighted by Crippen LogP contribution is -2.47. The van der Waals surface area contributed by atoms with E-state index in [0.717, 1.165) is 12.5 Å². The van der Waals surface area contributed by atoms with Crippen LogP contribution in [0.4, 0.5) is 0 Å². The van der Waals surface area contributed by atoms with Crippen LogP contribution in [0.15, 0.2) is 0 Å². The quantitative estimate of drug-likeness (QED) is 0.640. The number of aliphatic hydroxyl groups excluding tert-OH is 1. The molecule has 0 aliphatic heterocycles. The normalized spacial score (nSPS) is 36.7. The van der Waals surface area contributed by atoms with Gasteiger partial charge in [-0.1, -0.05) is 25.7 Å². The zero-order chi connectivity index (χ0) is 9.10. The van der Waals surface area contributed by atoms with Gasteiger partial charge in [-0.2, -0.15) is 0 Å². The van der Waals surface area contributed by atoms with Gasteiger partial charge in [-0.05, 0) is 25.7 Å². The molecule has 2 aliphatic rings. The minimum atomic E-state index is -0.0805. The van der Waals surface area contributed by atoms with Crippen molar-refractivity contribution in [1.29, 1.82) is 0 Å². The zero-order valence-electron chi connectivity index (χ0n) is 8.34.